The normalized spacial score (nSPS) is 17.0. The van der Waals surface area contributed by atoms with Gasteiger partial charge in [0.15, 0.2) is 0 Å². The number of H-pyrrole nitrogens is 2. The molecule has 0 spiro atoms. The second kappa shape index (κ2) is 9.56. The summed E-state index contributed by atoms with van der Waals surface area (Å²) in [6.45, 7) is 4.27. The number of nitrogens with zero attached hydrogens (tertiary/aromatic N) is 3. The van der Waals surface area contributed by atoms with Crippen LogP contribution in [0, 0.1) is 0 Å². The molecule has 188 valence electrons. The second-order valence-corrected chi connectivity index (χ2v) is 10.3. The van der Waals surface area contributed by atoms with E-state index in [1.807, 2.05) is 12.4 Å². The molecule has 0 aliphatic carbocycles. The number of anilines is 1. The van der Waals surface area contributed by atoms with Gasteiger partial charge in [-0.25, -0.2) is 0 Å². The van der Waals surface area contributed by atoms with E-state index in [1.54, 1.807) is 0 Å². The minimum Gasteiger partial charge on any atom is -0.489 e. The summed E-state index contributed by atoms with van der Waals surface area (Å²) >= 11 is 0. The van der Waals surface area contributed by atoms with E-state index in [-0.39, 0.29) is 6.10 Å². The maximum Gasteiger partial charge on any atom is 0.138 e. The quantitative estimate of drug-likeness (QED) is 0.285. The number of ether oxygens (including phenoxy) is 1. The molecular weight excluding hydrogens is 460 g/mol. The summed E-state index contributed by atoms with van der Waals surface area (Å²) in [6.07, 6.45) is 9.88. The maximum absolute atomic E-state index is 6.25. The number of hydrogen-bond donors (Lipinski definition) is 3. The smallest absolute Gasteiger partial charge is 0.138 e. The van der Waals surface area contributed by atoms with Crippen LogP contribution in [0.3, 0.4) is 0 Å². The third-order valence-electron chi connectivity index (χ3n) is 7.79. The molecule has 0 unspecified atom stereocenters. The van der Waals surface area contributed by atoms with Gasteiger partial charge < -0.3 is 19.9 Å². The van der Waals surface area contributed by atoms with Gasteiger partial charge in [-0.15, -0.1) is 0 Å². The van der Waals surface area contributed by atoms with E-state index in [1.165, 1.54) is 30.3 Å². The Morgan fingerprint density at radius 1 is 0.838 bits per heavy atom. The first-order valence-corrected chi connectivity index (χ1v) is 13.5. The van der Waals surface area contributed by atoms with Gasteiger partial charge in [-0.1, -0.05) is 12.1 Å². The Balaban J connectivity index is 1.23. The largest absolute Gasteiger partial charge is 0.489 e. The molecule has 0 saturated carbocycles. The maximum atomic E-state index is 6.25. The van der Waals surface area contributed by atoms with Gasteiger partial charge in [0.1, 0.15) is 17.5 Å². The molecule has 7 nitrogen and oxygen atoms in total. The lowest BCUT2D eigenvalue weighted by Gasteiger charge is -2.29. The number of benzene rings is 2. The highest BCUT2D eigenvalue weighted by Crippen LogP contribution is 2.36. The number of hydrogen-bond acceptors (Lipinski definition) is 5. The molecule has 5 heterocycles. The van der Waals surface area contributed by atoms with Crippen molar-refractivity contribution in [1.29, 1.82) is 0 Å². The molecule has 2 aromatic carbocycles. The van der Waals surface area contributed by atoms with Gasteiger partial charge in [0.2, 0.25) is 0 Å². The fraction of sp³-hybridized carbons (Fsp3) is 0.333. The summed E-state index contributed by atoms with van der Waals surface area (Å²) in [7, 11) is 0. The van der Waals surface area contributed by atoms with Crippen LogP contribution in [0.2, 0.25) is 0 Å². The Morgan fingerprint density at radius 2 is 1.73 bits per heavy atom. The van der Waals surface area contributed by atoms with Gasteiger partial charge in [0.25, 0.3) is 0 Å². The Kier molecular flexibility index (Phi) is 5.78. The van der Waals surface area contributed by atoms with Crippen LogP contribution in [-0.4, -0.2) is 52.4 Å². The Bertz CT molecular complexity index is 1540. The monoisotopic (exact) mass is 492 g/mol. The van der Waals surface area contributed by atoms with Crippen LogP contribution < -0.4 is 15.0 Å². The average Bonchev–Trinajstić information content (AvgIpc) is 3.58. The number of nitrogens with one attached hydrogen (secondary N) is 3. The lowest BCUT2D eigenvalue weighted by molar-refractivity contribution is 0.162. The van der Waals surface area contributed by atoms with E-state index < -0.39 is 0 Å². The van der Waals surface area contributed by atoms with Crippen molar-refractivity contribution < 1.29 is 4.74 Å². The number of aromatic amines is 2. The highest BCUT2D eigenvalue weighted by Gasteiger charge is 2.18. The first kappa shape index (κ1) is 22.4. The number of rotatable bonds is 5. The summed E-state index contributed by atoms with van der Waals surface area (Å²) in [5, 5.41) is 13.7. The number of aromatic nitrogens is 4. The Morgan fingerprint density at radius 3 is 2.62 bits per heavy atom. The summed E-state index contributed by atoms with van der Waals surface area (Å²) in [6, 6.07) is 17.3. The molecule has 3 N–H and O–H groups in total. The Labute approximate surface area is 216 Å². The number of piperidine rings is 2. The van der Waals surface area contributed by atoms with Crippen molar-refractivity contribution in [3.8, 4) is 28.3 Å². The lowest BCUT2D eigenvalue weighted by atomic mass is 10.0. The van der Waals surface area contributed by atoms with E-state index >= 15 is 0 Å². The Hall–Kier alpha value is -3.84. The van der Waals surface area contributed by atoms with Gasteiger partial charge in [-0.3, -0.25) is 10.1 Å². The second-order valence-electron chi connectivity index (χ2n) is 10.3. The van der Waals surface area contributed by atoms with Crippen molar-refractivity contribution >= 4 is 27.5 Å². The topological polar surface area (TPSA) is 81.9 Å². The summed E-state index contributed by atoms with van der Waals surface area (Å²) in [4.78, 5) is 10.6. The molecule has 2 aliphatic heterocycles. The summed E-state index contributed by atoms with van der Waals surface area (Å²) < 4.78 is 6.25. The molecule has 3 aromatic heterocycles. The highest BCUT2D eigenvalue weighted by molar-refractivity contribution is 6.01. The highest BCUT2D eigenvalue weighted by atomic mass is 16.5. The molecule has 7 heteroatoms. The molecule has 5 aromatic rings. The summed E-state index contributed by atoms with van der Waals surface area (Å²) in [5.74, 6) is 0.831. The van der Waals surface area contributed by atoms with Gasteiger partial charge in [0.05, 0.1) is 17.4 Å². The van der Waals surface area contributed by atoms with Crippen molar-refractivity contribution in [2.24, 2.45) is 0 Å². The molecular formula is C30H32N6O. The zero-order valence-electron chi connectivity index (χ0n) is 21.0. The predicted molar refractivity (Wildman–Crippen MR) is 149 cm³/mol. The van der Waals surface area contributed by atoms with Crippen LogP contribution >= 0.6 is 0 Å². The zero-order chi connectivity index (χ0) is 24.6. The van der Waals surface area contributed by atoms with E-state index in [0.29, 0.717) is 0 Å². The van der Waals surface area contributed by atoms with E-state index in [0.717, 1.165) is 83.7 Å². The van der Waals surface area contributed by atoms with Gasteiger partial charge in [-0.05, 0) is 87.2 Å². The van der Waals surface area contributed by atoms with E-state index in [2.05, 4.69) is 73.8 Å². The van der Waals surface area contributed by atoms with Crippen LogP contribution in [-0.2, 0) is 0 Å². The molecule has 2 saturated heterocycles. The minimum absolute atomic E-state index is 0.248. The van der Waals surface area contributed by atoms with Crippen molar-refractivity contribution in [3.63, 3.8) is 0 Å². The van der Waals surface area contributed by atoms with Crippen molar-refractivity contribution in [2.75, 3.05) is 31.1 Å². The van der Waals surface area contributed by atoms with Gasteiger partial charge >= 0.3 is 0 Å². The zero-order valence-corrected chi connectivity index (χ0v) is 21.0. The lowest BCUT2D eigenvalue weighted by Crippen LogP contribution is -2.34. The van der Waals surface area contributed by atoms with Crippen LogP contribution in [0.15, 0.2) is 60.9 Å². The van der Waals surface area contributed by atoms with E-state index in [4.69, 9.17) is 9.84 Å². The van der Waals surface area contributed by atoms with Crippen LogP contribution in [0.25, 0.3) is 44.3 Å². The molecule has 0 radical (unpaired) electrons. The number of pyridine rings is 1. The molecule has 7 rings (SSSR count). The third kappa shape index (κ3) is 4.33. The third-order valence-corrected chi connectivity index (χ3v) is 7.79. The fourth-order valence-electron chi connectivity index (χ4n) is 5.82. The molecule has 2 fully saturated rings. The molecule has 0 atom stereocenters. The predicted octanol–water partition coefficient (Wildman–Crippen LogP) is 5.89. The van der Waals surface area contributed by atoms with Gasteiger partial charge in [0, 0.05) is 46.8 Å². The average molecular weight is 493 g/mol. The van der Waals surface area contributed by atoms with Crippen LogP contribution in [0.1, 0.15) is 32.1 Å². The van der Waals surface area contributed by atoms with Crippen LogP contribution in [0.4, 0.5) is 5.69 Å². The number of fused-ring (bicyclic) bond motifs is 2. The summed E-state index contributed by atoms with van der Waals surface area (Å²) in [5.41, 5.74) is 7.60. The minimum atomic E-state index is 0.248. The van der Waals surface area contributed by atoms with E-state index in [9.17, 15) is 0 Å². The molecule has 0 amide bonds. The molecule has 2 aliphatic rings. The molecule has 0 bridgehead atoms. The van der Waals surface area contributed by atoms with Crippen molar-refractivity contribution in [1.82, 2.24) is 25.5 Å². The van der Waals surface area contributed by atoms with Crippen molar-refractivity contribution in [3.05, 3.63) is 60.9 Å². The van der Waals surface area contributed by atoms with Crippen LogP contribution in [0.5, 0.6) is 5.75 Å². The standard InChI is InChI=1S/C30H32N6O/c1-2-13-36(14-3-1)29-6-4-5-26-24(29)17-28(33-26)30-25-16-20(7-8-27(25)34-35-30)21-15-23(19-32-18-21)37-22-9-11-31-12-10-22/h4-8,15-19,22,31,33H,1-3,9-14H2,(H,34,35). The first-order valence-electron chi connectivity index (χ1n) is 13.5. The molecule has 37 heavy (non-hydrogen) atoms. The van der Waals surface area contributed by atoms with Gasteiger partial charge in [-0.2, -0.15) is 5.10 Å². The SMILES string of the molecule is c1cc(N2CCCCC2)c2cc(-c3n[nH]c4ccc(-c5cncc(OC6CCNCC6)c5)cc34)[nH]c2c1. The van der Waals surface area contributed by atoms with Crippen molar-refractivity contribution in [2.45, 2.75) is 38.2 Å². The fourth-order valence-corrected chi connectivity index (χ4v) is 5.82. The first-order chi connectivity index (χ1) is 18.3.